The number of piperazine rings is 1. The van der Waals surface area contributed by atoms with Gasteiger partial charge in [-0.05, 0) is 24.3 Å². The molecule has 25 heavy (non-hydrogen) atoms. The van der Waals surface area contributed by atoms with Crippen LogP contribution in [0.2, 0.25) is 0 Å². The molecule has 1 saturated heterocycles. The molecule has 0 aliphatic carbocycles. The summed E-state index contributed by atoms with van der Waals surface area (Å²) in [6, 6.07) is 9.71. The van der Waals surface area contributed by atoms with Crippen molar-refractivity contribution in [3.63, 3.8) is 0 Å². The first kappa shape index (κ1) is 15.1. The number of nitriles is 1. The van der Waals surface area contributed by atoms with Crippen LogP contribution in [0.3, 0.4) is 0 Å². The minimum atomic E-state index is 0.659. The Hall–Kier alpha value is -3.47. The van der Waals surface area contributed by atoms with Gasteiger partial charge in [-0.15, -0.1) is 10.2 Å². The summed E-state index contributed by atoms with van der Waals surface area (Å²) < 4.78 is 1.68. The summed E-state index contributed by atoms with van der Waals surface area (Å²) in [6.07, 6.45) is 6.95. The third-order valence-corrected chi connectivity index (χ3v) is 4.24. The van der Waals surface area contributed by atoms with Gasteiger partial charge >= 0.3 is 0 Å². The third kappa shape index (κ3) is 2.99. The quantitative estimate of drug-likeness (QED) is 0.713. The maximum Gasteiger partial charge on any atom is 0.175 e. The molecule has 0 N–H and O–H groups in total. The van der Waals surface area contributed by atoms with Gasteiger partial charge in [0, 0.05) is 44.8 Å². The monoisotopic (exact) mass is 332 g/mol. The van der Waals surface area contributed by atoms with E-state index in [1.165, 1.54) is 0 Å². The average Bonchev–Trinajstić information content (AvgIpc) is 3.23. The highest BCUT2D eigenvalue weighted by Crippen LogP contribution is 2.21. The van der Waals surface area contributed by atoms with Crippen LogP contribution < -0.4 is 9.80 Å². The summed E-state index contributed by atoms with van der Waals surface area (Å²) >= 11 is 0. The predicted molar refractivity (Wildman–Crippen MR) is 92.5 cm³/mol. The Labute approximate surface area is 145 Å². The summed E-state index contributed by atoms with van der Waals surface area (Å²) in [5.41, 5.74) is 1.55. The molecule has 1 aliphatic heterocycles. The summed E-state index contributed by atoms with van der Waals surface area (Å²) in [5, 5.41) is 22.0. The van der Waals surface area contributed by atoms with Crippen LogP contribution in [-0.2, 0) is 0 Å². The third-order valence-electron chi connectivity index (χ3n) is 4.24. The average molecular weight is 332 g/mol. The van der Waals surface area contributed by atoms with Crippen molar-refractivity contribution in [3.8, 4) is 11.9 Å². The maximum atomic E-state index is 9.24. The Balaban J connectivity index is 1.44. The maximum absolute atomic E-state index is 9.24. The lowest BCUT2D eigenvalue weighted by atomic mass is 10.2. The molecule has 0 radical (unpaired) electrons. The first-order valence-corrected chi connectivity index (χ1v) is 8.03. The molecule has 0 saturated carbocycles. The Morgan fingerprint density at radius 3 is 2.36 bits per heavy atom. The van der Waals surface area contributed by atoms with Crippen molar-refractivity contribution in [1.29, 1.82) is 5.26 Å². The molecule has 8 heteroatoms. The standard InChI is InChI=1S/C17H16N8/c18-12-14-4-6-19-13-15(14)23-8-10-24(11-9-23)16-2-3-17(22-21-16)25-7-1-5-20-25/h1-7,13H,8-11H2. The molecule has 4 rings (SSSR count). The Kier molecular flexibility index (Phi) is 3.96. The number of rotatable bonds is 3. The molecule has 3 aromatic rings. The molecular weight excluding hydrogens is 316 g/mol. The lowest BCUT2D eigenvalue weighted by Gasteiger charge is -2.36. The highest BCUT2D eigenvalue weighted by molar-refractivity contribution is 5.58. The van der Waals surface area contributed by atoms with E-state index >= 15 is 0 Å². The van der Waals surface area contributed by atoms with Gasteiger partial charge < -0.3 is 9.80 Å². The molecule has 124 valence electrons. The van der Waals surface area contributed by atoms with Crippen LogP contribution in [0.25, 0.3) is 5.82 Å². The highest BCUT2D eigenvalue weighted by atomic mass is 15.4. The van der Waals surface area contributed by atoms with Crippen LogP contribution >= 0.6 is 0 Å². The van der Waals surface area contributed by atoms with Crippen molar-refractivity contribution in [1.82, 2.24) is 25.0 Å². The fraction of sp³-hybridized carbons (Fsp3) is 0.235. The number of aromatic nitrogens is 5. The van der Waals surface area contributed by atoms with Crippen LogP contribution in [0.15, 0.2) is 49.1 Å². The van der Waals surface area contributed by atoms with Gasteiger partial charge in [0.15, 0.2) is 11.6 Å². The zero-order valence-corrected chi connectivity index (χ0v) is 13.5. The topological polar surface area (TPSA) is 86.8 Å². The smallest absolute Gasteiger partial charge is 0.175 e. The number of anilines is 2. The van der Waals surface area contributed by atoms with Gasteiger partial charge in [-0.2, -0.15) is 10.4 Å². The molecule has 0 amide bonds. The first-order chi connectivity index (χ1) is 12.3. The van der Waals surface area contributed by atoms with E-state index in [1.807, 2.05) is 24.4 Å². The van der Waals surface area contributed by atoms with E-state index < -0.39 is 0 Å². The summed E-state index contributed by atoms with van der Waals surface area (Å²) in [4.78, 5) is 8.52. The fourth-order valence-electron chi connectivity index (χ4n) is 2.92. The van der Waals surface area contributed by atoms with Gasteiger partial charge in [-0.3, -0.25) is 4.98 Å². The van der Waals surface area contributed by atoms with E-state index in [9.17, 15) is 5.26 Å². The van der Waals surface area contributed by atoms with Crippen LogP contribution in [0, 0.1) is 11.3 Å². The van der Waals surface area contributed by atoms with Gasteiger partial charge in [0.1, 0.15) is 6.07 Å². The van der Waals surface area contributed by atoms with E-state index in [0.29, 0.717) is 11.4 Å². The zero-order valence-electron chi connectivity index (χ0n) is 13.5. The van der Waals surface area contributed by atoms with E-state index in [-0.39, 0.29) is 0 Å². The molecule has 0 aromatic carbocycles. The molecule has 0 bridgehead atoms. The van der Waals surface area contributed by atoms with Crippen molar-refractivity contribution < 1.29 is 0 Å². The highest BCUT2D eigenvalue weighted by Gasteiger charge is 2.20. The van der Waals surface area contributed by atoms with Gasteiger partial charge in [0.2, 0.25) is 0 Å². The van der Waals surface area contributed by atoms with Crippen molar-refractivity contribution in [2.75, 3.05) is 36.0 Å². The Bertz CT molecular complexity index is 874. The molecule has 0 unspecified atom stereocenters. The van der Waals surface area contributed by atoms with E-state index in [4.69, 9.17) is 0 Å². The van der Waals surface area contributed by atoms with Gasteiger partial charge in [0.25, 0.3) is 0 Å². The van der Waals surface area contributed by atoms with Crippen molar-refractivity contribution >= 4 is 11.5 Å². The van der Waals surface area contributed by atoms with Crippen molar-refractivity contribution in [3.05, 3.63) is 54.6 Å². The van der Waals surface area contributed by atoms with Crippen molar-refractivity contribution in [2.24, 2.45) is 0 Å². The van der Waals surface area contributed by atoms with Crippen LogP contribution in [0.1, 0.15) is 5.56 Å². The second-order valence-corrected chi connectivity index (χ2v) is 5.68. The Morgan fingerprint density at radius 1 is 0.920 bits per heavy atom. The molecule has 0 spiro atoms. The molecule has 8 nitrogen and oxygen atoms in total. The zero-order chi connectivity index (χ0) is 17.1. The van der Waals surface area contributed by atoms with Gasteiger partial charge in [-0.25, -0.2) is 4.68 Å². The minimum absolute atomic E-state index is 0.659. The van der Waals surface area contributed by atoms with E-state index in [1.54, 1.807) is 29.3 Å². The number of hydrogen-bond donors (Lipinski definition) is 0. The summed E-state index contributed by atoms with van der Waals surface area (Å²) in [7, 11) is 0. The molecule has 0 atom stereocenters. The van der Waals surface area contributed by atoms with Gasteiger partial charge in [0.05, 0.1) is 17.4 Å². The lowest BCUT2D eigenvalue weighted by Crippen LogP contribution is -2.47. The normalized spacial score (nSPS) is 14.4. The van der Waals surface area contributed by atoms with Crippen molar-refractivity contribution in [2.45, 2.75) is 0 Å². The minimum Gasteiger partial charge on any atom is -0.366 e. The summed E-state index contributed by atoms with van der Waals surface area (Å²) in [6.45, 7) is 3.25. The van der Waals surface area contributed by atoms with Gasteiger partial charge in [-0.1, -0.05) is 0 Å². The second-order valence-electron chi connectivity index (χ2n) is 5.68. The Morgan fingerprint density at radius 2 is 1.68 bits per heavy atom. The second kappa shape index (κ2) is 6.57. The number of pyridine rings is 1. The van der Waals surface area contributed by atoms with Crippen LogP contribution in [0.5, 0.6) is 0 Å². The lowest BCUT2D eigenvalue weighted by molar-refractivity contribution is 0.641. The van der Waals surface area contributed by atoms with Crippen LogP contribution in [0.4, 0.5) is 11.5 Å². The largest absolute Gasteiger partial charge is 0.366 e. The number of hydrogen-bond acceptors (Lipinski definition) is 7. The molecular formula is C17H16N8. The molecule has 3 aromatic heterocycles. The number of nitrogens with zero attached hydrogens (tertiary/aromatic N) is 8. The summed E-state index contributed by atoms with van der Waals surface area (Å²) in [5.74, 6) is 1.55. The van der Waals surface area contributed by atoms with E-state index in [0.717, 1.165) is 37.7 Å². The molecule has 4 heterocycles. The SMILES string of the molecule is N#Cc1ccncc1N1CCN(c2ccc(-n3cccn3)nn2)CC1. The first-order valence-electron chi connectivity index (χ1n) is 8.03. The van der Waals surface area contributed by atoms with Crippen LogP contribution in [-0.4, -0.2) is 51.1 Å². The molecule has 1 fully saturated rings. The van der Waals surface area contributed by atoms with E-state index in [2.05, 4.69) is 36.1 Å². The molecule has 1 aliphatic rings. The predicted octanol–water partition coefficient (Wildman–Crippen LogP) is 1.26. The fourth-order valence-corrected chi connectivity index (χ4v) is 2.92.